The summed E-state index contributed by atoms with van der Waals surface area (Å²) in [5.74, 6) is -0.140. The van der Waals surface area contributed by atoms with Gasteiger partial charge in [0.05, 0.1) is 12.2 Å². The third-order valence-electron chi connectivity index (χ3n) is 3.16. The van der Waals surface area contributed by atoms with Gasteiger partial charge in [0.25, 0.3) is 0 Å². The average molecular weight is 287 g/mol. The first-order chi connectivity index (χ1) is 9.37. The van der Waals surface area contributed by atoms with Crippen molar-refractivity contribution >= 4 is 11.5 Å². The van der Waals surface area contributed by atoms with Crippen molar-refractivity contribution in [1.82, 2.24) is 9.88 Å². The summed E-state index contributed by atoms with van der Waals surface area (Å²) in [5.41, 5.74) is 6.54. The highest BCUT2D eigenvalue weighted by Crippen LogP contribution is 2.22. The van der Waals surface area contributed by atoms with E-state index in [-0.39, 0.29) is 5.84 Å². The number of alkyl halides is 3. The second-order valence-corrected chi connectivity index (χ2v) is 4.66. The van der Waals surface area contributed by atoms with Crippen molar-refractivity contribution in [1.29, 1.82) is 5.41 Å². The molecule has 0 bridgehead atoms. The number of nitrogen functional groups attached to an aromatic ring is 1. The Morgan fingerprint density at radius 1 is 1.30 bits per heavy atom. The van der Waals surface area contributed by atoms with E-state index in [9.17, 15) is 13.2 Å². The predicted octanol–water partition coefficient (Wildman–Crippen LogP) is 1.05. The summed E-state index contributed by atoms with van der Waals surface area (Å²) in [5, 5.41) is 7.48. The second-order valence-electron chi connectivity index (χ2n) is 4.66. The maximum Gasteiger partial charge on any atom is 0.401 e. The van der Waals surface area contributed by atoms with Gasteiger partial charge in [0, 0.05) is 32.4 Å². The Labute approximate surface area is 114 Å². The monoisotopic (exact) mass is 287 g/mol. The van der Waals surface area contributed by atoms with Crippen LogP contribution in [-0.4, -0.2) is 54.6 Å². The average Bonchev–Trinajstić information content (AvgIpc) is 2.38. The number of hydrogen-bond donors (Lipinski definition) is 2. The van der Waals surface area contributed by atoms with Crippen LogP contribution in [0.2, 0.25) is 0 Å². The molecule has 1 aromatic heterocycles. The van der Waals surface area contributed by atoms with Crippen molar-refractivity contribution in [3.63, 3.8) is 0 Å². The van der Waals surface area contributed by atoms with Crippen molar-refractivity contribution in [2.24, 2.45) is 5.73 Å². The molecule has 0 atom stereocenters. The van der Waals surface area contributed by atoms with Crippen LogP contribution in [0.1, 0.15) is 5.69 Å². The van der Waals surface area contributed by atoms with Crippen molar-refractivity contribution in [2.45, 2.75) is 6.18 Å². The summed E-state index contributed by atoms with van der Waals surface area (Å²) in [6.07, 6.45) is -2.62. The van der Waals surface area contributed by atoms with Crippen LogP contribution in [0.25, 0.3) is 0 Å². The van der Waals surface area contributed by atoms with Crippen LogP contribution in [0.15, 0.2) is 18.3 Å². The number of nitrogens with zero attached hydrogens (tertiary/aromatic N) is 3. The Hall–Kier alpha value is -1.83. The number of anilines is 1. The van der Waals surface area contributed by atoms with Crippen molar-refractivity contribution in [3.8, 4) is 0 Å². The van der Waals surface area contributed by atoms with Gasteiger partial charge in [-0.05, 0) is 12.1 Å². The van der Waals surface area contributed by atoms with Gasteiger partial charge in [-0.25, -0.2) is 0 Å². The Morgan fingerprint density at radius 3 is 2.50 bits per heavy atom. The van der Waals surface area contributed by atoms with Gasteiger partial charge in [-0.2, -0.15) is 13.2 Å². The van der Waals surface area contributed by atoms with Gasteiger partial charge in [-0.3, -0.25) is 15.3 Å². The fraction of sp³-hybridized carbons (Fsp3) is 0.500. The molecule has 0 radical (unpaired) electrons. The number of halogens is 3. The zero-order chi connectivity index (χ0) is 14.8. The Balaban J connectivity index is 2.03. The second kappa shape index (κ2) is 5.66. The summed E-state index contributed by atoms with van der Waals surface area (Å²) in [7, 11) is 0. The molecular formula is C12H16F3N5. The first-order valence-electron chi connectivity index (χ1n) is 6.20. The molecule has 0 unspecified atom stereocenters. The first-order valence-corrected chi connectivity index (χ1v) is 6.20. The van der Waals surface area contributed by atoms with E-state index in [2.05, 4.69) is 4.98 Å². The minimum atomic E-state index is -4.17. The van der Waals surface area contributed by atoms with E-state index < -0.39 is 12.7 Å². The molecule has 1 aliphatic heterocycles. The van der Waals surface area contributed by atoms with Crippen LogP contribution >= 0.6 is 0 Å². The van der Waals surface area contributed by atoms with Crippen molar-refractivity contribution in [3.05, 3.63) is 24.0 Å². The molecule has 1 aromatic rings. The molecule has 3 N–H and O–H groups in total. The Bertz CT molecular complexity index is 480. The van der Waals surface area contributed by atoms with Crippen LogP contribution in [0.3, 0.4) is 0 Å². The third kappa shape index (κ3) is 3.60. The standard InChI is InChI=1S/C12H16F3N5/c13-12(14,15)8-19-4-6-20(7-5-19)9-2-1-3-18-10(9)11(16)17/h1-3H,4-8H2,(H3,16,17). The lowest BCUT2D eigenvalue weighted by atomic mass is 10.2. The molecule has 0 aromatic carbocycles. The van der Waals surface area contributed by atoms with Gasteiger partial charge < -0.3 is 10.6 Å². The van der Waals surface area contributed by atoms with Crippen molar-refractivity contribution in [2.75, 3.05) is 37.6 Å². The molecular weight excluding hydrogens is 271 g/mol. The molecule has 2 heterocycles. The van der Waals surface area contributed by atoms with E-state index in [1.54, 1.807) is 18.3 Å². The molecule has 8 heteroatoms. The number of rotatable bonds is 3. The largest absolute Gasteiger partial charge is 0.401 e. The smallest absolute Gasteiger partial charge is 0.382 e. The summed E-state index contributed by atoms with van der Waals surface area (Å²) in [6, 6.07) is 3.51. The number of nitrogens with two attached hydrogens (primary N) is 1. The SMILES string of the molecule is N=C(N)c1ncccc1N1CCN(CC(F)(F)F)CC1. The summed E-state index contributed by atoms with van der Waals surface area (Å²) in [4.78, 5) is 7.34. The third-order valence-corrected chi connectivity index (χ3v) is 3.16. The number of hydrogen-bond acceptors (Lipinski definition) is 4. The minimum absolute atomic E-state index is 0.140. The molecule has 0 amide bonds. The van der Waals surface area contributed by atoms with Crippen LogP contribution < -0.4 is 10.6 Å². The quantitative estimate of drug-likeness (QED) is 0.644. The highest BCUT2D eigenvalue weighted by Gasteiger charge is 2.32. The van der Waals surface area contributed by atoms with Crippen LogP contribution in [0.4, 0.5) is 18.9 Å². The summed E-state index contributed by atoms with van der Waals surface area (Å²) in [6.45, 7) is 0.690. The molecule has 1 aliphatic rings. The fourth-order valence-corrected chi connectivity index (χ4v) is 2.26. The van der Waals surface area contributed by atoms with Crippen molar-refractivity contribution < 1.29 is 13.2 Å². The number of aromatic nitrogens is 1. The Kier molecular flexibility index (Phi) is 4.12. The lowest BCUT2D eigenvalue weighted by molar-refractivity contribution is -0.146. The molecule has 2 rings (SSSR count). The van der Waals surface area contributed by atoms with Gasteiger partial charge >= 0.3 is 6.18 Å². The van der Waals surface area contributed by atoms with Gasteiger partial charge in [-0.1, -0.05) is 0 Å². The minimum Gasteiger partial charge on any atom is -0.382 e. The number of amidine groups is 1. The molecule has 5 nitrogen and oxygen atoms in total. The highest BCUT2D eigenvalue weighted by atomic mass is 19.4. The van der Waals surface area contributed by atoms with Gasteiger partial charge in [0.15, 0.2) is 0 Å². The summed E-state index contributed by atoms with van der Waals surface area (Å²) < 4.78 is 37.0. The molecule has 0 saturated carbocycles. The normalized spacial score (nSPS) is 17.2. The van der Waals surface area contributed by atoms with E-state index in [0.717, 1.165) is 0 Å². The maximum atomic E-state index is 12.3. The Morgan fingerprint density at radius 2 is 1.95 bits per heavy atom. The number of piperazine rings is 1. The number of pyridine rings is 1. The maximum absolute atomic E-state index is 12.3. The molecule has 0 spiro atoms. The topological polar surface area (TPSA) is 69.2 Å². The first kappa shape index (κ1) is 14.6. The van der Waals surface area contributed by atoms with E-state index in [1.165, 1.54) is 4.90 Å². The van der Waals surface area contributed by atoms with E-state index >= 15 is 0 Å². The highest BCUT2D eigenvalue weighted by molar-refractivity contribution is 5.98. The molecule has 1 fully saturated rings. The van der Waals surface area contributed by atoms with Crippen LogP contribution in [0.5, 0.6) is 0 Å². The van der Waals surface area contributed by atoms with Gasteiger partial charge in [0.1, 0.15) is 11.5 Å². The predicted molar refractivity (Wildman–Crippen MR) is 70.0 cm³/mol. The molecule has 0 aliphatic carbocycles. The van der Waals surface area contributed by atoms with Crippen LogP contribution in [-0.2, 0) is 0 Å². The zero-order valence-corrected chi connectivity index (χ0v) is 10.8. The summed E-state index contributed by atoms with van der Waals surface area (Å²) >= 11 is 0. The lowest BCUT2D eigenvalue weighted by Crippen LogP contribution is -2.49. The van der Waals surface area contributed by atoms with E-state index in [1.807, 2.05) is 4.90 Å². The zero-order valence-electron chi connectivity index (χ0n) is 10.8. The molecule has 20 heavy (non-hydrogen) atoms. The lowest BCUT2D eigenvalue weighted by Gasteiger charge is -2.36. The number of nitrogens with one attached hydrogen (secondary N) is 1. The van der Waals surface area contributed by atoms with Gasteiger partial charge in [0.2, 0.25) is 0 Å². The van der Waals surface area contributed by atoms with Gasteiger partial charge in [-0.15, -0.1) is 0 Å². The molecule has 110 valence electrons. The van der Waals surface area contributed by atoms with E-state index in [4.69, 9.17) is 11.1 Å². The molecule has 1 saturated heterocycles. The van der Waals surface area contributed by atoms with E-state index in [0.29, 0.717) is 37.6 Å². The van der Waals surface area contributed by atoms with Crippen LogP contribution in [0, 0.1) is 5.41 Å². The fourth-order valence-electron chi connectivity index (χ4n) is 2.26.